The summed E-state index contributed by atoms with van der Waals surface area (Å²) in [4.78, 5) is 12.3. The number of nitrogens with one attached hydrogen (secondary N) is 1. The molecule has 0 rings (SSSR count). The average Bonchev–Trinajstić information content (AvgIpc) is 3.12. The Balaban J connectivity index is 3.48. The number of aliphatic hydroxyl groups is 2. The quantitative estimate of drug-likeness (QED) is 0.0437. The molecule has 50 heavy (non-hydrogen) atoms. The molecule has 0 bridgehead atoms. The van der Waals surface area contributed by atoms with E-state index in [1.165, 1.54) is 212 Å². The molecular formula is C46H91NO3. The predicted octanol–water partition coefficient (Wildman–Crippen LogP) is 14.2. The summed E-state index contributed by atoms with van der Waals surface area (Å²) in [5.74, 6) is -0.0608. The highest BCUT2D eigenvalue weighted by Gasteiger charge is 2.17. The molecular weight excluding hydrogens is 615 g/mol. The fraction of sp³-hybridized carbons (Fsp3) is 0.935. The van der Waals surface area contributed by atoms with Gasteiger partial charge >= 0.3 is 0 Å². The van der Waals surface area contributed by atoms with Gasteiger partial charge < -0.3 is 15.5 Å². The van der Waals surface area contributed by atoms with Crippen molar-refractivity contribution >= 4 is 5.91 Å². The van der Waals surface area contributed by atoms with Crippen molar-refractivity contribution in [3.8, 4) is 0 Å². The summed E-state index contributed by atoms with van der Waals surface area (Å²) in [5, 5.41) is 23.0. The number of rotatable bonds is 42. The molecule has 0 radical (unpaired) electrons. The Morgan fingerprint density at radius 3 is 1.04 bits per heavy atom. The molecule has 0 aliphatic heterocycles. The Bertz CT molecular complexity index is 680. The van der Waals surface area contributed by atoms with E-state index >= 15 is 0 Å². The van der Waals surface area contributed by atoms with Crippen LogP contribution in [0.25, 0.3) is 0 Å². The Hall–Kier alpha value is -0.870. The van der Waals surface area contributed by atoms with Gasteiger partial charge in [-0.05, 0) is 19.3 Å². The maximum Gasteiger partial charge on any atom is 0.220 e. The van der Waals surface area contributed by atoms with Crippen LogP contribution in [0.3, 0.4) is 0 Å². The molecule has 0 heterocycles. The lowest BCUT2D eigenvalue weighted by atomic mass is 10.0. The van der Waals surface area contributed by atoms with Crippen molar-refractivity contribution in [2.45, 2.75) is 270 Å². The molecule has 0 aromatic heterocycles. The highest BCUT2D eigenvalue weighted by Crippen LogP contribution is 2.16. The van der Waals surface area contributed by atoms with Crippen LogP contribution in [0.4, 0.5) is 0 Å². The van der Waals surface area contributed by atoms with Crippen LogP contribution in [-0.2, 0) is 4.79 Å². The Labute approximate surface area is 314 Å². The van der Waals surface area contributed by atoms with Gasteiger partial charge in [-0.1, -0.05) is 244 Å². The molecule has 4 nitrogen and oxygen atoms in total. The van der Waals surface area contributed by atoms with E-state index in [9.17, 15) is 15.0 Å². The van der Waals surface area contributed by atoms with E-state index < -0.39 is 12.1 Å². The minimum absolute atomic E-state index is 0.0608. The van der Waals surface area contributed by atoms with E-state index in [0.29, 0.717) is 6.42 Å². The summed E-state index contributed by atoms with van der Waals surface area (Å²) in [6.45, 7) is 4.33. The van der Waals surface area contributed by atoms with Gasteiger partial charge in [-0.2, -0.15) is 0 Å². The SMILES string of the molecule is CCCCCCCCCCCCCCCCCCCCCCCCC/C=C/C(O)C(CO)NC(=O)CCCCCCCCCCCCCCC. The largest absolute Gasteiger partial charge is 0.394 e. The fourth-order valence-electron chi connectivity index (χ4n) is 7.24. The zero-order valence-corrected chi connectivity index (χ0v) is 34.2. The lowest BCUT2D eigenvalue weighted by Gasteiger charge is -2.20. The van der Waals surface area contributed by atoms with Crippen molar-refractivity contribution in [2.75, 3.05) is 6.61 Å². The van der Waals surface area contributed by atoms with Gasteiger partial charge in [0, 0.05) is 6.42 Å². The van der Waals surface area contributed by atoms with Crippen LogP contribution in [0, 0.1) is 0 Å². The molecule has 0 saturated carbocycles. The van der Waals surface area contributed by atoms with E-state index in [4.69, 9.17) is 0 Å². The first-order valence-corrected chi connectivity index (χ1v) is 22.9. The van der Waals surface area contributed by atoms with Gasteiger partial charge in [0.05, 0.1) is 18.8 Å². The lowest BCUT2D eigenvalue weighted by Crippen LogP contribution is -2.45. The van der Waals surface area contributed by atoms with Crippen LogP contribution in [0.1, 0.15) is 258 Å². The number of unbranched alkanes of at least 4 members (excludes halogenated alkanes) is 35. The third kappa shape index (κ3) is 38.4. The molecule has 2 atom stereocenters. The maximum atomic E-state index is 12.3. The number of carbonyl (C=O) groups excluding carboxylic acids is 1. The molecule has 0 aromatic carbocycles. The van der Waals surface area contributed by atoms with Crippen molar-refractivity contribution in [1.82, 2.24) is 5.32 Å². The standard InChI is InChI=1S/C46H91NO3/c1-3-5-7-9-11-13-15-17-18-19-20-21-22-23-24-25-26-27-28-30-31-33-35-37-39-41-45(49)44(43-48)47-46(50)42-40-38-36-34-32-29-16-14-12-10-8-6-4-2/h39,41,44-45,48-49H,3-38,40,42-43H2,1-2H3,(H,47,50)/b41-39+. The van der Waals surface area contributed by atoms with Gasteiger partial charge in [-0.3, -0.25) is 4.79 Å². The summed E-state index contributed by atoms with van der Waals surface area (Å²) in [7, 11) is 0. The number of hydrogen-bond acceptors (Lipinski definition) is 3. The lowest BCUT2D eigenvalue weighted by molar-refractivity contribution is -0.123. The molecule has 0 spiro atoms. The van der Waals surface area contributed by atoms with Crippen LogP contribution >= 0.6 is 0 Å². The highest BCUT2D eigenvalue weighted by atomic mass is 16.3. The van der Waals surface area contributed by atoms with E-state index in [-0.39, 0.29) is 12.5 Å². The molecule has 0 fully saturated rings. The minimum atomic E-state index is -0.833. The summed E-state index contributed by atoms with van der Waals surface area (Å²) >= 11 is 0. The zero-order chi connectivity index (χ0) is 36.4. The first-order chi connectivity index (χ1) is 24.7. The van der Waals surface area contributed by atoms with Crippen LogP contribution in [-0.4, -0.2) is 34.9 Å². The Morgan fingerprint density at radius 1 is 0.460 bits per heavy atom. The van der Waals surface area contributed by atoms with Gasteiger partial charge in [-0.25, -0.2) is 0 Å². The number of aliphatic hydroxyl groups excluding tert-OH is 2. The summed E-state index contributed by atoms with van der Waals surface area (Å²) < 4.78 is 0. The first kappa shape index (κ1) is 49.1. The van der Waals surface area contributed by atoms with Crippen molar-refractivity contribution in [3.63, 3.8) is 0 Å². The van der Waals surface area contributed by atoms with Crippen LogP contribution in [0.15, 0.2) is 12.2 Å². The molecule has 3 N–H and O–H groups in total. The molecule has 2 unspecified atom stereocenters. The molecule has 298 valence electrons. The van der Waals surface area contributed by atoms with Crippen LogP contribution < -0.4 is 5.32 Å². The van der Waals surface area contributed by atoms with E-state index in [1.807, 2.05) is 6.08 Å². The second-order valence-electron chi connectivity index (χ2n) is 15.8. The van der Waals surface area contributed by atoms with Crippen LogP contribution in [0.2, 0.25) is 0 Å². The fourth-order valence-corrected chi connectivity index (χ4v) is 7.24. The Morgan fingerprint density at radius 2 is 0.740 bits per heavy atom. The van der Waals surface area contributed by atoms with Gasteiger partial charge in [0.1, 0.15) is 0 Å². The van der Waals surface area contributed by atoms with E-state index in [1.54, 1.807) is 6.08 Å². The number of carbonyl (C=O) groups is 1. The molecule has 0 aliphatic rings. The highest BCUT2D eigenvalue weighted by molar-refractivity contribution is 5.76. The number of allylic oxidation sites excluding steroid dienone is 1. The number of hydrogen-bond donors (Lipinski definition) is 3. The van der Waals surface area contributed by atoms with Gasteiger partial charge in [0.15, 0.2) is 0 Å². The van der Waals surface area contributed by atoms with E-state index in [0.717, 1.165) is 25.7 Å². The second-order valence-corrected chi connectivity index (χ2v) is 15.8. The van der Waals surface area contributed by atoms with Crippen LogP contribution in [0.5, 0.6) is 0 Å². The summed E-state index contributed by atoms with van der Waals surface area (Å²) in [6, 6.07) is -0.616. The minimum Gasteiger partial charge on any atom is -0.394 e. The van der Waals surface area contributed by atoms with Gasteiger partial charge in [-0.15, -0.1) is 0 Å². The topological polar surface area (TPSA) is 69.6 Å². The molecule has 4 heteroatoms. The summed E-state index contributed by atoms with van der Waals surface area (Å²) in [6.07, 6.45) is 53.3. The van der Waals surface area contributed by atoms with Crippen molar-refractivity contribution in [1.29, 1.82) is 0 Å². The zero-order valence-electron chi connectivity index (χ0n) is 34.2. The third-order valence-corrected chi connectivity index (χ3v) is 10.8. The maximum absolute atomic E-state index is 12.3. The molecule has 0 aliphatic carbocycles. The van der Waals surface area contributed by atoms with Crippen molar-refractivity contribution in [2.24, 2.45) is 0 Å². The van der Waals surface area contributed by atoms with Gasteiger partial charge in [0.2, 0.25) is 5.91 Å². The molecule has 1 amide bonds. The van der Waals surface area contributed by atoms with E-state index in [2.05, 4.69) is 19.2 Å². The van der Waals surface area contributed by atoms with Crippen molar-refractivity contribution in [3.05, 3.63) is 12.2 Å². The third-order valence-electron chi connectivity index (χ3n) is 10.8. The molecule has 0 saturated heterocycles. The molecule has 0 aromatic rings. The van der Waals surface area contributed by atoms with Crippen molar-refractivity contribution < 1.29 is 15.0 Å². The number of amides is 1. The summed E-state index contributed by atoms with van der Waals surface area (Å²) in [5.41, 5.74) is 0. The predicted molar refractivity (Wildman–Crippen MR) is 221 cm³/mol. The first-order valence-electron chi connectivity index (χ1n) is 22.9. The Kier molecular flexibility index (Phi) is 41.8. The smallest absolute Gasteiger partial charge is 0.220 e. The normalized spacial score (nSPS) is 13.0. The second kappa shape index (κ2) is 42.5. The monoisotopic (exact) mass is 706 g/mol. The average molecular weight is 706 g/mol. The van der Waals surface area contributed by atoms with Gasteiger partial charge in [0.25, 0.3) is 0 Å².